The Balaban J connectivity index is 1.41. The number of nitrogens with zero attached hydrogens (tertiary/aromatic N) is 2. The first-order valence-electron chi connectivity index (χ1n) is 12.0. The maximum Gasteiger partial charge on any atom is 0.213 e. The second kappa shape index (κ2) is 10.4. The number of halogens is 2. The van der Waals surface area contributed by atoms with E-state index < -0.39 is 22.8 Å². The first-order chi connectivity index (χ1) is 18.7. The fourth-order valence-electron chi connectivity index (χ4n) is 4.40. The summed E-state index contributed by atoms with van der Waals surface area (Å²) in [5.74, 6) is -0.991. The third-order valence-electron chi connectivity index (χ3n) is 6.35. The second-order valence-corrected chi connectivity index (χ2v) is 8.99. The van der Waals surface area contributed by atoms with E-state index in [1.807, 2.05) is 0 Å². The van der Waals surface area contributed by atoms with E-state index in [0.717, 1.165) is 0 Å². The number of methoxy groups -OCH3 is 1. The summed E-state index contributed by atoms with van der Waals surface area (Å²) in [5.41, 5.74) is 2.56. The van der Waals surface area contributed by atoms with Gasteiger partial charge in [0, 0.05) is 42.2 Å². The molecule has 196 valence electrons. The highest BCUT2D eigenvalue weighted by Gasteiger charge is 2.20. The lowest BCUT2D eigenvalue weighted by atomic mass is 9.96. The normalized spacial score (nSPS) is 11.0. The Labute approximate surface area is 222 Å². The van der Waals surface area contributed by atoms with Gasteiger partial charge < -0.3 is 14.5 Å². The van der Waals surface area contributed by atoms with Crippen molar-refractivity contribution in [3.05, 3.63) is 111 Å². The Morgan fingerprint density at radius 2 is 1.79 bits per heavy atom. The molecule has 0 saturated heterocycles. The van der Waals surface area contributed by atoms with E-state index >= 15 is 4.39 Å². The molecule has 2 aromatic carbocycles. The minimum Gasteiger partial charge on any atom is -0.481 e. The van der Waals surface area contributed by atoms with Crippen LogP contribution in [0.3, 0.4) is 0 Å². The highest BCUT2D eigenvalue weighted by Crippen LogP contribution is 2.31. The number of nitrogens with one attached hydrogen (secondary N) is 1. The van der Waals surface area contributed by atoms with Crippen molar-refractivity contribution in [1.82, 2.24) is 15.0 Å². The first kappa shape index (κ1) is 25.7. The number of aromatic amines is 1. The highest BCUT2D eigenvalue weighted by atomic mass is 19.1. The molecule has 0 aliphatic rings. The van der Waals surface area contributed by atoms with Crippen LogP contribution in [0.2, 0.25) is 0 Å². The van der Waals surface area contributed by atoms with Gasteiger partial charge in [-0.15, -0.1) is 0 Å². The third-order valence-corrected chi connectivity index (χ3v) is 6.35. The average molecular weight is 528 g/mol. The molecule has 0 spiro atoms. The van der Waals surface area contributed by atoms with E-state index in [1.165, 1.54) is 49.8 Å². The fraction of sp³-hybridized carbons (Fsp3) is 0.133. The summed E-state index contributed by atoms with van der Waals surface area (Å²) in [5, 5.41) is 0. The van der Waals surface area contributed by atoms with E-state index in [0.29, 0.717) is 39.3 Å². The van der Waals surface area contributed by atoms with Crippen molar-refractivity contribution < 1.29 is 23.0 Å². The molecule has 0 amide bonds. The van der Waals surface area contributed by atoms with Gasteiger partial charge >= 0.3 is 0 Å². The number of aryl methyl sites for hydroxylation is 2. The Hall–Kier alpha value is -4.92. The van der Waals surface area contributed by atoms with Gasteiger partial charge in [-0.25, -0.2) is 13.8 Å². The SMILES string of the molecule is COc1ccc2nccc(Oc3ccc(CC(=O)c4c(C)[nH]cc(-c5ccc(F)cc5C)c4=O)cc3F)c2n1. The van der Waals surface area contributed by atoms with Crippen LogP contribution in [0.4, 0.5) is 8.78 Å². The number of aromatic nitrogens is 3. The standard InChI is InChI=1S/C30H23F2N3O4/c1-16-12-19(31)5-6-20(16)21-15-34-17(2)28(30(21)37)24(36)14-18-4-8-25(22(32)13-18)39-26-10-11-33-23-7-9-27(38-3)35-29(23)26/h4-13,15H,14H2,1-3H3,(H,34,37). The van der Waals surface area contributed by atoms with Crippen LogP contribution in [-0.2, 0) is 6.42 Å². The predicted molar refractivity (Wildman–Crippen MR) is 143 cm³/mol. The summed E-state index contributed by atoms with van der Waals surface area (Å²) in [4.78, 5) is 38.0. The third kappa shape index (κ3) is 5.11. The molecule has 39 heavy (non-hydrogen) atoms. The number of carbonyl (C=O) groups excluding carboxylic acids is 1. The van der Waals surface area contributed by atoms with E-state index in [4.69, 9.17) is 9.47 Å². The van der Waals surface area contributed by atoms with Gasteiger partial charge in [-0.05, 0) is 60.9 Å². The van der Waals surface area contributed by atoms with Crippen LogP contribution in [0.5, 0.6) is 17.4 Å². The molecule has 3 aromatic heterocycles. The number of rotatable bonds is 7. The van der Waals surface area contributed by atoms with Crippen LogP contribution in [-0.4, -0.2) is 27.8 Å². The summed E-state index contributed by atoms with van der Waals surface area (Å²) >= 11 is 0. The van der Waals surface area contributed by atoms with E-state index in [9.17, 15) is 14.0 Å². The van der Waals surface area contributed by atoms with Gasteiger partial charge in [0.05, 0.1) is 18.2 Å². The predicted octanol–water partition coefficient (Wildman–Crippen LogP) is 6.11. The minimum atomic E-state index is -0.686. The van der Waals surface area contributed by atoms with E-state index in [-0.39, 0.29) is 29.0 Å². The molecule has 7 nitrogen and oxygen atoms in total. The quantitative estimate of drug-likeness (QED) is 0.257. The first-order valence-corrected chi connectivity index (χ1v) is 12.0. The topological polar surface area (TPSA) is 94.2 Å². The lowest BCUT2D eigenvalue weighted by Crippen LogP contribution is -2.21. The fourth-order valence-corrected chi connectivity index (χ4v) is 4.40. The van der Waals surface area contributed by atoms with E-state index in [2.05, 4.69) is 15.0 Å². The minimum absolute atomic E-state index is 0.0276. The zero-order valence-electron chi connectivity index (χ0n) is 21.3. The van der Waals surface area contributed by atoms with Crippen molar-refractivity contribution in [2.45, 2.75) is 20.3 Å². The number of Topliss-reactive ketones (excluding diaryl/α,β-unsaturated/α-hetero) is 1. The zero-order chi connectivity index (χ0) is 27.7. The molecule has 0 atom stereocenters. The maximum atomic E-state index is 15.1. The number of H-pyrrole nitrogens is 1. The number of fused-ring (bicyclic) bond motifs is 1. The monoisotopic (exact) mass is 527 g/mol. The van der Waals surface area contributed by atoms with Gasteiger partial charge in [0.15, 0.2) is 28.5 Å². The highest BCUT2D eigenvalue weighted by molar-refractivity contribution is 5.99. The molecular formula is C30H23F2N3O4. The van der Waals surface area contributed by atoms with Crippen molar-refractivity contribution in [3.63, 3.8) is 0 Å². The Morgan fingerprint density at radius 3 is 2.54 bits per heavy atom. The van der Waals surface area contributed by atoms with Crippen molar-refractivity contribution in [3.8, 4) is 28.5 Å². The molecule has 5 rings (SSSR count). The van der Waals surface area contributed by atoms with Gasteiger partial charge in [0.2, 0.25) is 5.88 Å². The van der Waals surface area contributed by atoms with Crippen LogP contribution >= 0.6 is 0 Å². The molecule has 1 N–H and O–H groups in total. The molecule has 0 radical (unpaired) electrons. The van der Waals surface area contributed by atoms with Crippen LogP contribution in [0, 0.1) is 25.5 Å². The van der Waals surface area contributed by atoms with Crippen molar-refractivity contribution in [2.75, 3.05) is 7.11 Å². The smallest absolute Gasteiger partial charge is 0.213 e. The molecule has 0 aliphatic carbocycles. The maximum absolute atomic E-state index is 15.1. The van der Waals surface area contributed by atoms with Crippen LogP contribution in [0.25, 0.3) is 22.2 Å². The number of ether oxygens (including phenoxy) is 2. The summed E-state index contributed by atoms with van der Waals surface area (Å²) in [7, 11) is 1.49. The molecule has 0 fully saturated rings. The molecular weight excluding hydrogens is 504 g/mol. The Bertz CT molecular complexity index is 1800. The number of benzene rings is 2. The molecule has 0 aliphatic heterocycles. The lowest BCUT2D eigenvalue weighted by Gasteiger charge is -2.12. The second-order valence-electron chi connectivity index (χ2n) is 8.99. The number of ketones is 1. The van der Waals surface area contributed by atoms with Crippen LogP contribution in [0.1, 0.15) is 27.2 Å². The van der Waals surface area contributed by atoms with Gasteiger partial charge in [-0.1, -0.05) is 12.1 Å². The van der Waals surface area contributed by atoms with Gasteiger partial charge in [0.1, 0.15) is 11.3 Å². The lowest BCUT2D eigenvalue weighted by molar-refractivity contribution is 0.0991. The van der Waals surface area contributed by atoms with Crippen LogP contribution < -0.4 is 14.9 Å². The Kier molecular flexibility index (Phi) is 6.89. The van der Waals surface area contributed by atoms with Crippen molar-refractivity contribution in [1.29, 1.82) is 0 Å². The van der Waals surface area contributed by atoms with Crippen molar-refractivity contribution in [2.24, 2.45) is 0 Å². The molecule has 0 bridgehead atoms. The molecule has 9 heteroatoms. The summed E-state index contributed by atoms with van der Waals surface area (Å²) in [6, 6.07) is 13.2. The summed E-state index contributed by atoms with van der Waals surface area (Å²) in [6.07, 6.45) is 2.83. The Morgan fingerprint density at radius 1 is 0.974 bits per heavy atom. The molecule has 0 saturated carbocycles. The molecule has 0 unspecified atom stereocenters. The summed E-state index contributed by atoms with van der Waals surface area (Å²) < 4.78 is 39.6. The number of hydrogen-bond donors (Lipinski definition) is 1. The molecule has 3 heterocycles. The summed E-state index contributed by atoms with van der Waals surface area (Å²) in [6.45, 7) is 3.31. The largest absolute Gasteiger partial charge is 0.481 e. The molecule has 5 aromatic rings. The zero-order valence-corrected chi connectivity index (χ0v) is 21.3. The van der Waals surface area contributed by atoms with E-state index in [1.54, 1.807) is 38.1 Å². The van der Waals surface area contributed by atoms with Gasteiger partial charge in [-0.2, -0.15) is 0 Å². The van der Waals surface area contributed by atoms with Crippen molar-refractivity contribution >= 4 is 16.8 Å². The number of pyridine rings is 3. The number of hydrogen-bond acceptors (Lipinski definition) is 6. The average Bonchev–Trinajstić information content (AvgIpc) is 2.91. The van der Waals surface area contributed by atoms with Gasteiger partial charge in [-0.3, -0.25) is 14.6 Å². The number of carbonyl (C=O) groups is 1. The van der Waals surface area contributed by atoms with Crippen LogP contribution in [0.15, 0.2) is 71.8 Å². The van der Waals surface area contributed by atoms with Gasteiger partial charge in [0.25, 0.3) is 0 Å².